The van der Waals surface area contributed by atoms with Crippen LogP contribution in [-0.2, 0) is 15.3 Å². The summed E-state index contributed by atoms with van der Waals surface area (Å²) in [5, 5.41) is 0. The number of hydrogen-bond acceptors (Lipinski definition) is 2. The Hall–Kier alpha value is 0.0869. The highest BCUT2D eigenvalue weighted by Gasteiger charge is 2.27. The third-order valence-corrected chi connectivity index (χ3v) is 7.69. The topological polar surface area (TPSA) is 18.5 Å². The Morgan fingerprint density at radius 3 is 1.95 bits per heavy atom. The van der Waals surface area contributed by atoms with Crippen molar-refractivity contribution in [3.63, 3.8) is 0 Å². The molecule has 0 saturated heterocycles. The molecule has 0 fully saturated rings. The lowest BCUT2D eigenvalue weighted by Gasteiger charge is -2.27. The highest BCUT2D eigenvalue weighted by molar-refractivity contribution is 14.1. The minimum absolute atomic E-state index is 0.247. The molecule has 1 rings (SSSR count). The van der Waals surface area contributed by atoms with E-state index >= 15 is 0 Å². The zero-order valence-electron chi connectivity index (χ0n) is 12.3. The van der Waals surface area contributed by atoms with E-state index in [1.807, 2.05) is 0 Å². The van der Waals surface area contributed by atoms with Crippen molar-refractivity contribution in [3.8, 4) is 0 Å². The van der Waals surface area contributed by atoms with Crippen molar-refractivity contribution in [2.45, 2.75) is 51.9 Å². The van der Waals surface area contributed by atoms with Crippen molar-refractivity contribution in [2.75, 3.05) is 4.43 Å². The van der Waals surface area contributed by atoms with Gasteiger partial charge in [-0.05, 0) is 39.7 Å². The van der Waals surface area contributed by atoms with Gasteiger partial charge in [0.25, 0.3) is 0 Å². The van der Waals surface area contributed by atoms with E-state index in [9.17, 15) is 0 Å². The van der Waals surface area contributed by atoms with Crippen molar-refractivity contribution in [3.05, 3.63) is 35.9 Å². The summed E-state index contributed by atoms with van der Waals surface area (Å²) in [6.07, 6.45) is 1.55. The Labute approximate surface area is 132 Å². The van der Waals surface area contributed by atoms with Crippen LogP contribution in [0.25, 0.3) is 0 Å². The lowest BCUT2D eigenvalue weighted by Crippen LogP contribution is -2.35. The normalized spacial score (nSPS) is 13.5. The number of benzene rings is 1. The van der Waals surface area contributed by atoms with Gasteiger partial charge in [-0.15, -0.1) is 0 Å². The van der Waals surface area contributed by atoms with Crippen molar-refractivity contribution < 1.29 is 8.85 Å². The molecule has 2 nitrogen and oxygen atoms in total. The third kappa shape index (κ3) is 6.88. The first-order chi connectivity index (χ1) is 9.02. The fraction of sp³-hybridized carbons (Fsp3) is 0.600. The van der Waals surface area contributed by atoms with Crippen LogP contribution in [0.3, 0.4) is 0 Å². The highest BCUT2D eigenvalue weighted by Crippen LogP contribution is 2.23. The molecule has 1 aromatic rings. The lowest BCUT2D eigenvalue weighted by molar-refractivity contribution is 0.124. The fourth-order valence-electron chi connectivity index (χ4n) is 1.93. The van der Waals surface area contributed by atoms with E-state index in [0.29, 0.717) is 5.54 Å². The summed E-state index contributed by atoms with van der Waals surface area (Å²) in [6.45, 7) is 8.37. The quantitative estimate of drug-likeness (QED) is 0.377. The first-order valence-electron chi connectivity index (χ1n) is 6.93. The van der Waals surface area contributed by atoms with Gasteiger partial charge in [0.15, 0.2) is 0 Å². The largest absolute Gasteiger partial charge is 0.394 e. The van der Waals surface area contributed by atoms with Crippen LogP contribution in [0, 0.1) is 0 Å². The monoisotopic (exact) mass is 392 g/mol. The number of halogens is 1. The summed E-state index contributed by atoms with van der Waals surface area (Å²) in [4.78, 5) is 0. The van der Waals surface area contributed by atoms with Crippen LogP contribution in [0.5, 0.6) is 0 Å². The molecule has 0 bridgehead atoms. The van der Waals surface area contributed by atoms with E-state index in [1.54, 1.807) is 0 Å². The maximum Gasteiger partial charge on any atom is 0.326 e. The molecule has 0 aliphatic heterocycles. The predicted molar refractivity (Wildman–Crippen MR) is 92.4 cm³/mol. The van der Waals surface area contributed by atoms with Gasteiger partial charge in [-0.25, -0.2) is 0 Å². The summed E-state index contributed by atoms with van der Waals surface area (Å²) in [6, 6.07) is 10.6. The first kappa shape index (κ1) is 17.1. The molecule has 1 unspecified atom stereocenters. The van der Waals surface area contributed by atoms with E-state index in [-0.39, 0.29) is 12.2 Å². The van der Waals surface area contributed by atoms with E-state index < -0.39 is 9.28 Å². The van der Waals surface area contributed by atoms with Crippen LogP contribution < -0.4 is 0 Å². The molecule has 0 heterocycles. The Balaban J connectivity index is 2.71. The Kier molecular flexibility index (Phi) is 8.21. The first-order valence-corrected chi connectivity index (χ1v) is 10.1. The second-order valence-corrected chi connectivity index (χ2v) is 8.45. The maximum absolute atomic E-state index is 6.10. The summed E-state index contributed by atoms with van der Waals surface area (Å²) in [5.41, 5.74) is 1.90. The number of hydrogen-bond donors (Lipinski definition) is 0. The zero-order chi connectivity index (χ0) is 14.3. The molecule has 0 N–H and O–H groups in total. The molecule has 0 aliphatic rings. The number of rotatable bonds is 8. The Bertz CT molecular complexity index is 333. The van der Waals surface area contributed by atoms with Crippen molar-refractivity contribution >= 4 is 31.9 Å². The van der Waals surface area contributed by atoms with Gasteiger partial charge in [0.1, 0.15) is 0 Å². The number of alkyl halides is 1. The maximum atomic E-state index is 6.10. The molecule has 4 heteroatoms. The molecule has 108 valence electrons. The third-order valence-electron chi connectivity index (χ3n) is 2.74. The summed E-state index contributed by atoms with van der Waals surface area (Å²) >= 11 is 2.46. The van der Waals surface area contributed by atoms with Gasteiger partial charge in [-0.2, -0.15) is 0 Å². The average Bonchev–Trinajstić information content (AvgIpc) is 2.35. The Morgan fingerprint density at radius 2 is 1.53 bits per heavy atom. The fourth-order valence-corrected chi connectivity index (χ4v) is 5.68. The predicted octanol–water partition coefficient (Wildman–Crippen LogP) is 4.10. The second kappa shape index (κ2) is 9.10. The molecule has 1 aromatic carbocycles. The van der Waals surface area contributed by atoms with Gasteiger partial charge in [-0.3, -0.25) is 0 Å². The van der Waals surface area contributed by atoms with Gasteiger partial charge < -0.3 is 8.85 Å². The molecular formula is C15H25IO2Si. The van der Waals surface area contributed by atoms with E-state index in [1.165, 1.54) is 5.56 Å². The molecule has 0 saturated carbocycles. The van der Waals surface area contributed by atoms with Crippen LogP contribution in [-0.4, -0.2) is 25.9 Å². The standard InChI is InChI=1S/C15H25IO2Si/c1-12(2)17-19(18-13(3)4)15(11-16)10-14-8-6-5-7-9-14/h5-9,12-13,15,19H,10-11H2,1-4H3. The Morgan fingerprint density at radius 1 is 1.00 bits per heavy atom. The molecule has 0 aliphatic carbocycles. The molecule has 0 radical (unpaired) electrons. The van der Waals surface area contributed by atoms with Crippen LogP contribution in [0.15, 0.2) is 30.3 Å². The van der Waals surface area contributed by atoms with E-state index in [2.05, 4.69) is 80.6 Å². The molecular weight excluding hydrogens is 367 g/mol. The summed E-state index contributed by atoms with van der Waals surface area (Å²) in [5.74, 6) is 0. The summed E-state index contributed by atoms with van der Waals surface area (Å²) < 4.78 is 13.3. The van der Waals surface area contributed by atoms with Gasteiger partial charge in [0, 0.05) is 22.2 Å². The average molecular weight is 392 g/mol. The lowest BCUT2D eigenvalue weighted by atomic mass is 10.1. The van der Waals surface area contributed by atoms with Crippen molar-refractivity contribution in [1.29, 1.82) is 0 Å². The van der Waals surface area contributed by atoms with Gasteiger partial charge in [0.05, 0.1) is 0 Å². The molecule has 0 aromatic heterocycles. The molecule has 0 spiro atoms. The van der Waals surface area contributed by atoms with Crippen molar-refractivity contribution in [2.24, 2.45) is 0 Å². The minimum Gasteiger partial charge on any atom is -0.394 e. The molecule has 19 heavy (non-hydrogen) atoms. The summed E-state index contributed by atoms with van der Waals surface area (Å²) in [7, 11) is -1.64. The minimum atomic E-state index is -1.64. The smallest absolute Gasteiger partial charge is 0.326 e. The van der Waals surface area contributed by atoms with Crippen LogP contribution in [0.2, 0.25) is 5.54 Å². The van der Waals surface area contributed by atoms with Gasteiger partial charge in [-0.1, -0.05) is 52.9 Å². The molecule has 1 atom stereocenters. The SMILES string of the molecule is CC(C)O[SiH](OC(C)C)C(CI)Cc1ccccc1. The van der Waals surface area contributed by atoms with Crippen LogP contribution >= 0.6 is 22.6 Å². The van der Waals surface area contributed by atoms with Crippen LogP contribution in [0.4, 0.5) is 0 Å². The second-order valence-electron chi connectivity index (χ2n) is 5.34. The van der Waals surface area contributed by atoms with E-state index in [4.69, 9.17) is 8.85 Å². The van der Waals surface area contributed by atoms with Gasteiger partial charge >= 0.3 is 9.28 Å². The van der Waals surface area contributed by atoms with Gasteiger partial charge in [0.2, 0.25) is 0 Å². The highest BCUT2D eigenvalue weighted by atomic mass is 127. The van der Waals surface area contributed by atoms with E-state index in [0.717, 1.165) is 10.8 Å². The molecule has 0 amide bonds. The van der Waals surface area contributed by atoms with Crippen molar-refractivity contribution in [1.82, 2.24) is 0 Å². The zero-order valence-corrected chi connectivity index (χ0v) is 15.6. The van der Waals surface area contributed by atoms with Crippen LogP contribution in [0.1, 0.15) is 33.3 Å².